The summed E-state index contributed by atoms with van der Waals surface area (Å²) in [6, 6.07) is 7.55. The number of aryl methyl sites for hydroxylation is 1. The first-order valence-corrected chi connectivity index (χ1v) is 7.28. The van der Waals surface area contributed by atoms with Crippen molar-refractivity contribution in [2.45, 2.75) is 26.9 Å². The second-order valence-corrected chi connectivity index (χ2v) is 4.85. The zero-order valence-electron chi connectivity index (χ0n) is 13.2. The third-order valence-electron chi connectivity index (χ3n) is 3.29. The molecule has 0 fully saturated rings. The van der Waals surface area contributed by atoms with Gasteiger partial charge >= 0.3 is 6.18 Å². The lowest BCUT2D eigenvalue weighted by Gasteiger charge is -2.23. The lowest BCUT2D eigenvalue weighted by Crippen LogP contribution is -2.21. The first kappa shape index (κ1) is 17.1. The normalized spacial score (nSPS) is 11.4. The van der Waals surface area contributed by atoms with Gasteiger partial charge in [0.15, 0.2) is 0 Å². The Kier molecular flexibility index (Phi) is 5.08. The van der Waals surface area contributed by atoms with Gasteiger partial charge in [0.05, 0.1) is 6.61 Å². The van der Waals surface area contributed by atoms with Gasteiger partial charge < -0.3 is 9.64 Å². The van der Waals surface area contributed by atoms with Crippen LogP contribution in [0.3, 0.4) is 0 Å². The molecule has 0 N–H and O–H groups in total. The SMILES string of the molecule is CCOc1nc(N(CC)c2ccccc2C)ncc1C(F)(F)F. The van der Waals surface area contributed by atoms with Gasteiger partial charge in [-0.15, -0.1) is 0 Å². The average molecular weight is 325 g/mol. The highest BCUT2D eigenvalue weighted by molar-refractivity contribution is 5.61. The van der Waals surface area contributed by atoms with Gasteiger partial charge in [-0.3, -0.25) is 0 Å². The molecular weight excluding hydrogens is 307 g/mol. The highest BCUT2D eigenvalue weighted by Crippen LogP contribution is 2.36. The van der Waals surface area contributed by atoms with Crippen molar-refractivity contribution in [1.82, 2.24) is 9.97 Å². The highest BCUT2D eigenvalue weighted by Gasteiger charge is 2.36. The fourth-order valence-corrected chi connectivity index (χ4v) is 2.21. The van der Waals surface area contributed by atoms with Gasteiger partial charge in [-0.05, 0) is 32.4 Å². The van der Waals surface area contributed by atoms with Crippen LogP contribution in [0.1, 0.15) is 25.0 Å². The molecule has 0 bridgehead atoms. The molecule has 0 saturated carbocycles. The Labute approximate surface area is 132 Å². The monoisotopic (exact) mass is 325 g/mol. The molecule has 2 rings (SSSR count). The predicted molar refractivity (Wildman–Crippen MR) is 82.1 cm³/mol. The van der Waals surface area contributed by atoms with Crippen LogP contribution in [0.4, 0.5) is 24.8 Å². The van der Waals surface area contributed by atoms with Gasteiger partial charge in [-0.1, -0.05) is 18.2 Å². The molecule has 0 aliphatic heterocycles. The van der Waals surface area contributed by atoms with Crippen LogP contribution in [-0.4, -0.2) is 23.1 Å². The number of rotatable bonds is 5. The van der Waals surface area contributed by atoms with Crippen LogP contribution in [0, 0.1) is 6.92 Å². The van der Waals surface area contributed by atoms with Crippen LogP contribution in [-0.2, 0) is 6.18 Å². The Morgan fingerprint density at radius 1 is 1.17 bits per heavy atom. The third kappa shape index (κ3) is 3.72. The molecule has 0 saturated heterocycles. The number of hydrogen-bond donors (Lipinski definition) is 0. The van der Waals surface area contributed by atoms with Crippen molar-refractivity contribution in [3.05, 3.63) is 41.6 Å². The van der Waals surface area contributed by atoms with Crippen molar-refractivity contribution >= 4 is 11.6 Å². The summed E-state index contributed by atoms with van der Waals surface area (Å²) in [6.45, 7) is 6.03. The molecule has 0 radical (unpaired) electrons. The highest BCUT2D eigenvalue weighted by atomic mass is 19.4. The van der Waals surface area contributed by atoms with E-state index in [1.807, 2.05) is 38.1 Å². The number of ether oxygens (including phenoxy) is 1. The molecule has 0 aliphatic rings. The van der Waals surface area contributed by atoms with Crippen molar-refractivity contribution in [3.63, 3.8) is 0 Å². The third-order valence-corrected chi connectivity index (χ3v) is 3.29. The van der Waals surface area contributed by atoms with Gasteiger partial charge in [0.2, 0.25) is 11.8 Å². The van der Waals surface area contributed by atoms with E-state index in [1.54, 1.807) is 11.8 Å². The first-order chi connectivity index (χ1) is 10.9. The van der Waals surface area contributed by atoms with E-state index >= 15 is 0 Å². The minimum Gasteiger partial charge on any atom is -0.477 e. The lowest BCUT2D eigenvalue weighted by atomic mass is 10.2. The fraction of sp³-hybridized carbons (Fsp3) is 0.375. The zero-order valence-corrected chi connectivity index (χ0v) is 13.2. The van der Waals surface area contributed by atoms with Crippen LogP contribution in [0.5, 0.6) is 5.88 Å². The van der Waals surface area contributed by atoms with Crippen molar-refractivity contribution in [1.29, 1.82) is 0 Å². The number of benzene rings is 1. The van der Waals surface area contributed by atoms with Gasteiger partial charge in [0.25, 0.3) is 0 Å². The number of anilines is 2. The van der Waals surface area contributed by atoms with Crippen LogP contribution in [0.25, 0.3) is 0 Å². The second-order valence-electron chi connectivity index (χ2n) is 4.85. The zero-order chi connectivity index (χ0) is 17.0. The van der Waals surface area contributed by atoms with Crippen molar-refractivity contribution in [2.24, 2.45) is 0 Å². The predicted octanol–water partition coefficient (Wildman–Crippen LogP) is 4.36. The molecule has 0 unspecified atom stereocenters. The average Bonchev–Trinajstić information content (AvgIpc) is 2.49. The largest absolute Gasteiger partial charge is 0.477 e. The number of alkyl halides is 3. The van der Waals surface area contributed by atoms with E-state index in [1.165, 1.54) is 0 Å². The Morgan fingerprint density at radius 2 is 1.87 bits per heavy atom. The van der Waals surface area contributed by atoms with E-state index in [9.17, 15) is 13.2 Å². The Bertz CT molecular complexity index is 674. The molecule has 0 atom stereocenters. The minimum absolute atomic E-state index is 0.0933. The second kappa shape index (κ2) is 6.85. The van der Waals surface area contributed by atoms with E-state index in [4.69, 9.17) is 4.74 Å². The van der Waals surface area contributed by atoms with E-state index < -0.39 is 17.6 Å². The number of aromatic nitrogens is 2. The molecular formula is C16H18F3N3O. The molecule has 1 aromatic carbocycles. The van der Waals surface area contributed by atoms with Gasteiger partial charge in [-0.2, -0.15) is 18.2 Å². The summed E-state index contributed by atoms with van der Waals surface area (Å²) in [5, 5.41) is 0. The standard InChI is InChI=1S/C16H18F3N3O/c1-4-22(13-9-7-6-8-11(13)3)15-20-10-12(16(17,18)19)14(21-15)23-5-2/h6-10H,4-5H2,1-3H3. The minimum atomic E-state index is -4.55. The van der Waals surface area contributed by atoms with Crippen LogP contribution in [0.2, 0.25) is 0 Å². The molecule has 124 valence electrons. The maximum absolute atomic E-state index is 13.0. The number of nitrogens with zero attached hydrogens (tertiary/aromatic N) is 3. The van der Waals surface area contributed by atoms with Crippen molar-refractivity contribution < 1.29 is 17.9 Å². The molecule has 23 heavy (non-hydrogen) atoms. The summed E-state index contributed by atoms with van der Waals surface area (Å²) in [5.74, 6) is -0.268. The summed E-state index contributed by atoms with van der Waals surface area (Å²) < 4.78 is 44.1. The molecule has 2 aromatic rings. The summed E-state index contributed by atoms with van der Waals surface area (Å²) in [5.41, 5.74) is 0.858. The molecule has 0 aliphatic carbocycles. The van der Waals surface area contributed by atoms with E-state index in [0.717, 1.165) is 17.4 Å². The van der Waals surface area contributed by atoms with Gasteiger partial charge in [-0.25, -0.2) is 4.98 Å². The Morgan fingerprint density at radius 3 is 2.43 bits per heavy atom. The fourth-order valence-electron chi connectivity index (χ4n) is 2.21. The topological polar surface area (TPSA) is 38.2 Å². The number of hydrogen-bond acceptors (Lipinski definition) is 4. The van der Waals surface area contributed by atoms with Crippen molar-refractivity contribution in [3.8, 4) is 5.88 Å². The molecule has 1 aromatic heterocycles. The van der Waals surface area contributed by atoms with Crippen molar-refractivity contribution in [2.75, 3.05) is 18.1 Å². The lowest BCUT2D eigenvalue weighted by molar-refractivity contribution is -0.139. The Hall–Kier alpha value is -2.31. The van der Waals surface area contributed by atoms with Gasteiger partial charge in [0.1, 0.15) is 5.56 Å². The number of para-hydroxylation sites is 1. The smallest absolute Gasteiger partial charge is 0.423 e. The molecule has 0 amide bonds. The molecule has 7 heteroatoms. The van der Waals surface area contributed by atoms with E-state index in [0.29, 0.717) is 6.54 Å². The quantitative estimate of drug-likeness (QED) is 0.818. The summed E-state index contributed by atoms with van der Waals surface area (Å²) in [4.78, 5) is 9.63. The van der Waals surface area contributed by atoms with Crippen LogP contribution in [0.15, 0.2) is 30.5 Å². The molecule has 0 spiro atoms. The summed E-state index contributed by atoms with van der Waals surface area (Å²) >= 11 is 0. The van der Waals surface area contributed by atoms with Crippen LogP contribution >= 0.6 is 0 Å². The van der Waals surface area contributed by atoms with Crippen LogP contribution < -0.4 is 9.64 Å². The summed E-state index contributed by atoms with van der Waals surface area (Å²) in [6.07, 6.45) is -3.78. The maximum Gasteiger partial charge on any atom is 0.423 e. The van der Waals surface area contributed by atoms with E-state index in [2.05, 4.69) is 9.97 Å². The molecule has 1 heterocycles. The summed E-state index contributed by atoms with van der Waals surface area (Å²) in [7, 11) is 0. The van der Waals surface area contributed by atoms with E-state index in [-0.39, 0.29) is 12.6 Å². The number of halogens is 3. The first-order valence-electron chi connectivity index (χ1n) is 7.28. The van der Waals surface area contributed by atoms with Gasteiger partial charge in [0, 0.05) is 18.4 Å². The maximum atomic E-state index is 13.0. The Balaban J connectivity index is 2.50. The molecule has 4 nitrogen and oxygen atoms in total.